The Hall–Kier alpha value is -2.91. The van der Waals surface area contributed by atoms with Gasteiger partial charge in [0, 0.05) is 5.69 Å². The number of carbonyl (C=O) groups is 2. The number of ether oxygens (including phenoxy) is 1. The van der Waals surface area contributed by atoms with Crippen molar-refractivity contribution in [2.75, 3.05) is 23.0 Å². The van der Waals surface area contributed by atoms with Crippen LogP contribution in [0.25, 0.3) is 0 Å². The Labute approximate surface area is 164 Å². The van der Waals surface area contributed by atoms with E-state index in [2.05, 4.69) is 20.8 Å². The van der Waals surface area contributed by atoms with Crippen LogP contribution in [-0.4, -0.2) is 34.4 Å². The van der Waals surface area contributed by atoms with E-state index in [1.54, 1.807) is 12.1 Å². The van der Waals surface area contributed by atoms with E-state index in [1.807, 2.05) is 48.5 Å². The minimum Gasteiger partial charge on any atom is -0.484 e. The summed E-state index contributed by atoms with van der Waals surface area (Å²) in [5, 5.41) is 13.6. The molecule has 2 amide bonds. The summed E-state index contributed by atoms with van der Waals surface area (Å²) in [6, 6.07) is 18.3. The number of nitrogens with one attached hydrogen (secondary N) is 2. The molecule has 0 aliphatic heterocycles. The van der Waals surface area contributed by atoms with Gasteiger partial charge in [0.15, 0.2) is 10.9 Å². The highest BCUT2D eigenvalue weighted by Crippen LogP contribution is 2.25. The number of nitrogens with zero attached hydrogens (tertiary/aromatic N) is 2. The first-order valence-electron chi connectivity index (χ1n) is 7.98. The minimum absolute atomic E-state index is 0.119. The van der Waals surface area contributed by atoms with Gasteiger partial charge in [0.25, 0.3) is 5.91 Å². The van der Waals surface area contributed by atoms with Crippen molar-refractivity contribution < 1.29 is 14.3 Å². The van der Waals surface area contributed by atoms with Gasteiger partial charge in [-0.2, -0.15) is 0 Å². The molecular weight excluding hydrogens is 384 g/mol. The van der Waals surface area contributed by atoms with Gasteiger partial charge < -0.3 is 10.1 Å². The van der Waals surface area contributed by atoms with Crippen LogP contribution in [0.1, 0.15) is 0 Å². The number of hydrogen-bond acceptors (Lipinski definition) is 7. The number of para-hydroxylation sites is 2. The van der Waals surface area contributed by atoms with Gasteiger partial charge in [-0.05, 0) is 24.3 Å². The van der Waals surface area contributed by atoms with Crippen molar-refractivity contribution >= 4 is 45.7 Å². The van der Waals surface area contributed by atoms with Gasteiger partial charge >= 0.3 is 0 Å². The smallest absolute Gasteiger partial charge is 0.264 e. The molecule has 0 atom stereocenters. The molecule has 0 fully saturated rings. The summed E-state index contributed by atoms with van der Waals surface area (Å²) in [5.74, 6) is 0.358. The molecule has 0 unspecified atom stereocenters. The first kappa shape index (κ1) is 18.9. The fraction of sp³-hybridized carbons (Fsp3) is 0.111. The molecule has 0 aliphatic rings. The molecule has 1 heterocycles. The fourth-order valence-corrected chi connectivity index (χ4v) is 3.55. The number of hydrogen-bond donors (Lipinski definition) is 2. The normalized spacial score (nSPS) is 10.2. The number of amides is 2. The largest absolute Gasteiger partial charge is 0.484 e. The van der Waals surface area contributed by atoms with Crippen molar-refractivity contribution in [3.63, 3.8) is 0 Å². The third-order valence-electron chi connectivity index (χ3n) is 3.15. The number of benzene rings is 2. The number of thioether (sulfide) groups is 1. The summed E-state index contributed by atoms with van der Waals surface area (Å²) < 4.78 is 5.96. The third kappa shape index (κ3) is 6.39. The molecule has 1 aromatic heterocycles. The van der Waals surface area contributed by atoms with Crippen molar-refractivity contribution in [2.45, 2.75) is 4.34 Å². The van der Waals surface area contributed by atoms with Crippen LogP contribution in [0.3, 0.4) is 0 Å². The van der Waals surface area contributed by atoms with Crippen LogP contribution in [0.5, 0.6) is 5.75 Å². The maximum Gasteiger partial charge on any atom is 0.264 e. The lowest BCUT2D eigenvalue weighted by Crippen LogP contribution is -2.20. The van der Waals surface area contributed by atoms with E-state index >= 15 is 0 Å². The molecular formula is C18H16N4O3S2. The van der Waals surface area contributed by atoms with Gasteiger partial charge in [0.2, 0.25) is 11.0 Å². The first-order chi connectivity index (χ1) is 13.2. The van der Waals surface area contributed by atoms with Crippen LogP contribution in [0.4, 0.5) is 10.8 Å². The Morgan fingerprint density at radius 2 is 1.63 bits per heavy atom. The molecule has 0 saturated heterocycles. The van der Waals surface area contributed by atoms with Gasteiger partial charge in [-0.15, -0.1) is 10.2 Å². The Bertz CT molecular complexity index is 888. The number of rotatable bonds is 8. The third-order valence-corrected chi connectivity index (χ3v) is 5.12. The summed E-state index contributed by atoms with van der Waals surface area (Å²) in [4.78, 5) is 23.8. The predicted octanol–water partition coefficient (Wildman–Crippen LogP) is 3.29. The highest BCUT2D eigenvalue weighted by atomic mass is 32.2. The van der Waals surface area contributed by atoms with Gasteiger partial charge in [-0.25, -0.2) is 0 Å². The molecule has 9 heteroatoms. The molecule has 27 heavy (non-hydrogen) atoms. The highest BCUT2D eigenvalue weighted by Gasteiger charge is 2.11. The lowest BCUT2D eigenvalue weighted by atomic mass is 10.3. The average molecular weight is 400 g/mol. The van der Waals surface area contributed by atoms with Crippen molar-refractivity contribution in [3.05, 3.63) is 60.7 Å². The minimum atomic E-state index is -0.326. The Morgan fingerprint density at radius 1 is 0.926 bits per heavy atom. The quantitative estimate of drug-likeness (QED) is 0.445. The van der Waals surface area contributed by atoms with Gasteiger partial charge in [-0.1, -0.05) is 59.5 Å². The topological polar surface area (TPSA) is 93.2 Å². The van der Waals surface area contributed by atoms with Crippen molar-refractivity contribution in [3.8, 4) is 5.75 Å². The second kappa shape index (κ2) is 9.70. The van der Waals surface area contributed by atoms with Crippen LogP contribution in [0.2, 0.25) is 0 Å². The highest BCUT2D eigenvalue weighted by molar-refractivity contribution is 8.01. The molecule has 7 nitrogen and oxygen atoms in total. The van der Waals surface area contributed by atoms with E-state index in [4.69, 9.17) is 4.74 Å². The monoisotopic (exact) mass is 400 g/mol. The molecule has 0 bridgehead atoms. The second-order valence-corrected chi connectivity index (χ2v) is 7.43. The Balaban J connectivity index is 1.41. The van der Waals surface area contributed by atoms with Gasteiger partial charge in [-0.3, -0.25) is 14.9 Å². The summed E-state index contributed by atoms with van der Waals surface area (Å²) in [5.41, 5.74) is 0.742. The van der Waals surface area contributed by atoms with E-state index in [-0.39, 0.29) is 24.2 Å². The molecule has 0 aliphatic carbocycles. The number of anilines is 2. The molecule has 3 rings (SSSR count). The van der Waals surface area contributed by atoms with Crippen molar-refractivity contribution in [1.82, 2.24) is 10.2 Å². The fourth-order valence-electron chi connectivity index (χ4n) is 1.99. The summed E-state index contributed by atoms with van der Waals surface area (Å²) in [6.45, 7) is -0.119. The maximum atomic E-state index is 11.9. The molecule has 0 saturated carbocycles. The van der Waals surface area contributed by atoms with Crippen molar-refractivity contribution in [2.24, 2.45) is 0 Å². The standard InChI is InChI=1S/C18H16N4O3S2/c23-15(11-25-14-9-5-2-6-10-14)20-17-21-22-18(27-17)26-12-16(24)19-13-7-3-1-4-8-13/h1-10H,11-12H2,(H,19,24)(H,20,21,23). The summed E-state index contributed by atoms with van der Waals surface area (Å²) >= 11 is 2.46. The summed E-state index contributed by atoms with van der Waals surface area (Å²) in [6.07, 6.45) is 0. The second-order valence-electron chi connectivity index (χ2n) is 5.23. The Morgan fingerprint density at radius 3 is 2.37 bits per heavy atom. The number of carbonyl (C=O) groups excluding carboxylic acids is 2. The van der Waals surface area contributed by atoms with E-state index in [9.17, 15) is 9.59 Å². The van der Waals surface area contributed by atoms with Crippen LogP contribution in [0.15, 0.2) is 65.0 Å². The SMILES string of the molecule is O=C(CSc1nnc(NC(=O)COc2ccccc2)s1)Nc1ccccc1. The molecule has 0 radical (unpaired) electrons. The predicted molar refractivity (Wildman–Crippen MR) is 106 cm³/mol. The average Bonchev–Trinajstić information content (AvgIpc) is 3.14. The van der Waals surface area contributed by atoms with Crippen LogP contribution in [0, 0.1) is 0 Å². The van der Waals surface area contributed by atoms with E-state index < -0.39 is 0 Å². The maximum absolute atomic E-state index is 11.9. The lowest BCUT2D eigenvalue weighted by molar-refractivity contribution is -0.118. The summed E-state index contributed by atoms with van der Waals surface area (Å²) in [7, 11) is 0. The van der Waals surface area contributed by atoms with Gasteiger partial charge in [0.1, 0.15) is 5.75 Å². The van der Waals surface area contributed by atoms with E-state index in [0.717, 1.165) is 5.69 Å². The molecule has 3 aromatic rings. The molecule has 2 aromatic carbocycles. The van der Waals surface area contributed by atoms with Crippen LogP contribution < -0.4 is 15.4 Å². The van der Waals surface area contributed by atoms with E-state index in [0.29, 0.717) is 15.2 Å². The van der Waals surface area contributed by atoms with Crippen LogP contribution in [-0.2, 0) is 9.59 Å². The zero-order valence-electron chi connectivity index (χ0n) is 14.1. The van der Waals surface area contributed by atoms with E-state index in [1.165, 1.54) is 23.1 Å². The lowest BCUT2D eigenvalue weighted by Gasteiger charge is -2.04. The number of aromatic nitrogens is 2. The van der Waals surface area contributed by atoms with Crippen molar-refractivity contribution in [1.29, 1.82) is 0 Å². The molecule has 2 N–H and O–H groups in total. The van der Waals surface area contributed by atoms with Gasteiger partial charge in [0.05, 0.1) is 5.75 Å². The molecule has 0 spiro atoms. The molecule has 138 valence electrons. The zero-order chi connectivity index (χ0) is 18.9. The first-order valence-corrected chi connectivity index (χ1v) is 9.78. The zero-order valence-corrected chi connectivity index (χ0v) is 15.8. The Kier molecular flexibility index (Phi) is 6.78. The van der Waals surface area contributed by atoms with Crippen LogP contribution >= 0.6 is 23.1 Å².